The van der Waals surface area contributed by atoms with Crippen LogP contribution < -0.4 is 0 Å². The number of hydrogen-bond donors (Lipinski definition) is 0. The molecule has 0 spiro atoms. The van der Waals surface area contributed by atoms with Crippen molar-refractivity contribution in [1.82, 2.24) is 0 Å². The van der Waals surface area contributed by atoms with Gasteiger partial charge in [-0.25, -0.2) is 0 Å². The molecule has 0 saturated carbocycles. The van der Waals surface area contributed by atoms with E-state index >= 15 is 0 Å². The van der Waals surface area contributed by atoms with Crippen molar-refractivity contribution in [2.75, 3.05) is 0 Å². The van der Waals surface area contributed by atoms with Gasteiger partial charge in [-0.05, 0) is 31.6 Å². The van der Waals surface area contributed by atoms with E-state index in [0.29, 0.717) is 0 Å². The highest BCUT2D eigenvalue weighted by atomic mass is 14.1. The van der Waals surface area contributed by atoms with E-state index in [1.54, 1.807) is 5.57 Å². The molecule has 0 atom stereocenters. The predicted molar refractivity (Wildman–Crippen MR) is 71.1 cm³/mol. The van der Waals surface area contributed by atoms with Crippen LogP contribution >= 0.6 is 0 Å². The Balaban J connectivity index is 3.83. The van der Waals surface area contributed by atoms with Crippen LogP contribution in [0.1, 0.15) is 73.1 Å². The highest BCUT2D eigenvalue weighted by Gasteiger charge is 2.05. The fraction of sp³-hybridized carbons (Fsp3) is 0.867. The van der Waals surface area contributed by atoms with E-state index in [0.717, 1.165) is 11.8 Å². The third-order valence-electron chi connectivity index (χ3n) is 3.35. The molecule has 0 aromatic rings. The summed E-state index contributed by atoms with van der Waals surface area (Å²) in [4.78, 5) is 0. The van der Waals surface area contributed by atoms with Gasteiger partial charge in [0.25, 0.3) is 0 Å². The minimum Gasteiger partial charge on any atom is -0.0853 e. The highest BCUT2D eigenvalue weighted by Crippen LogP contribution is 2.20. The first kappa shape index (κ1) is 14.7. The van der Waals surface area contributed by atoms with Crippen molar-refractivity contribution in [3.63, 3.8) is 0 Å². The molecular weight excluding hydrogens is 180 g/mol. The quantitative estimate of drug-likeness (QED) is 0.458. The van der Waals surface area contributed by atoms with Gasteiger partial charge in [-0.3, -0.25) is 0 Å². The fourth-order valence-electron chi connectivity index (χ4n) is 2.03. The number of hydrogen-bond acceptors (Lipinski definition) is 0. The molecule has 0 bridgehead atoms. The maximum atomic E-state index is 2.45. The normalized spacial score (nSPS) is 12.9. The largest absolute Gasteiger partial charge is 0.0853 e. The van der Waals surface area contributed by atoms with Gasteiger partial charge in [0.05, 0.1) is 0 Å². The Labute approximate surface area is 97.2 Å². The summed E-state index contributed by atoms with van der Waals surface area (Å²) < 4.78 is 0. The first-order chi connectivity index (χ1) is 7.11. The van der Waals surface area contributed by atoms with Crippen molar-refractivity contribution in [1.29, 1.82) is 0 Å². The summed E-state index contributed by atoms with van der Waals surface area (Å²) >= 11 is 0. The third-order valence-corrected chi connectivity index (χ3v) is 3.35. The van der Waals surface area contributed by atoms with Crippen LogP contribution in [0.5, 0.6) is 0 Å². The third kappa shape index (κ3) is 7.64. The fourth-order valence-corrected chi connectivity index (χ4v) is 2.03. The summed E-state index contributed by atoms with van der Waals surface area (Å²) in [6.45, 7) is 11.4. The molecule has 0 N–H and O–H groups in total. The Morgan fingerprint density at radius 3 is 1.93 bits per heavy atom. The lowest BCUT2D eigenvalue weighted by Gasteiger charge is -2.14. The van der Waals surface area contributed by atoms with Crippen LogP contribution in [-0.4, -0.2) is 0 Å². The van der Waals surface area contributed by atoms with E-state index in [1.165, 1.54) is 38.5 Å². The molecule has 0 unspecified atom stereocenters. The Kier molecular flexibility index (Phi) is 8.85. The van der Waals surface area contributed by atoms with Crippen molar-refractivity contribution >= 4 is 0 Å². The Bertz CT molecular complexity index is 159. The summed E-state index contributed by atoms with van der Waals surface area (Å²) in [5.41, 5.74) is 1.56. The zero-order valence-corrected chi connectivity index (χ0v) is 11.5. The lowest BCUT2D eigenvalue weighted by molar-refractivity contribution is 0.413. The number of rotatable bonds is 8. The topological polar surface area (TPSA) is 0 Å². The average Bonchev–Trinajstić information content (AvgIpc) is 2.18. The molecular formula is C15H30. The second-order valence-corrected chi connectivity index (χ2v) is 5.12. The van der Waals surface area contributed by atoms with Crippen molar-refractivity contribution in [2.24, 2.45) is 11.8 Å². The van der Waals surface area contributed by atoms with Gasteiger partial charge < -0.3 is 0 Å². The van der Waals surface area contributed by atoms with Crippen molar-refractivity contribution in [3.05, 3.63) is 11.6 Å². The van der Waals surface area contributed by atoms with Crippen LogP contribution in [0.25, 0.3) is 0 Å². The molecule has 0 fully saturated rings. The van der Waals surface area contributed by atoms with Gasteiger partial charge in [0, 0.05) is 0 Å². The van der Waals surface area contributed by atoms with Crippen molar-refractivity contribution < 1.29 is 0 Å². The first-order valence-electron chi connectivity index (χ1n) is 6.78. The summed E-state index contributed by atoms with van der Waals surface area (Å²) in [7, 11) is 0. The molecule has 90 valence electrons. The summed E-state index contributed by atoms with van der Waals surface area (Å²) in [5.74, 6) is 1.69. The molecule has 15 heavy (non-hydrogen) atoms. The first-order valence-corrected chi connectivity index (χ1v) is 6.78. The van der Waals surface area contributed by atoms with Crippen LogP contribution in [0.2, 0.25) is 0 Å². The standard InChI is InChI=1S/C15H30/c1-6-9-15(10-7-2)12-8-11-14(5)13(3)4/h11,13,15H,6-10,12H2,1-5H3/b14-11+. The predicted octanol–water partition coefficient (Wildman–Crippen LogP) is 5.59. The second-order valence-electron chi connectivity index (χ2n) is 5.12. The average molecular weight is 210 g/mol. The molecule has 0 aliphatic carbocycles. The van der Waals surface area contributed by atoms with Crippen LogP contribution in [0, 0.1) is 11.8 Å². The highest BCUT2D eigenvalue weighted by molar-refractivity contribution is 5.00. The van der Waals surface area contributed by atoms with Gasteiger partial charge in [0.15, 0.2) is 0 Å². The lowest BCUT2D eigenvalue weighted by atomic mass is 9.92. The smallest absolute Gasteiger partial charge is 0.0263 e. The Morgan fingerprint density at radius 1 is 1.00 bits per heavy atom. The van der Waals surface area contributed by atoms with E-state index in [-0.39, 0.29) is 0 Å². The summed E-state index contributed by atoms with van der Waals surface area (Å²) in [6, 6.07) is 0. The molecule has 0 radical (unpaired) electrons. The van der Waals surface area contributed by atoms with Crippen molar-refractivity contribution in [2.45, 2.75) is 73.1 Å². The van der Waals surface area contributed by atoms with Crippen LogP contribution in [0.4, 0.5) is 0 Å². The maximum absolute atomic E-state index is 2.45. The van der Waals surface area contributed by atoms with E-state index < -0.39 is 0 Å². The molecule has 0 rings (SSSR count). The molecule has 0 heteroatoms. The zero-order chi connectivity index (χ0) is 11.7. The molecule has 0 amide bonds. The van der Waals surface area contributed by atoms with Gasteiger partial charge in [0.1, 0.15) is 0 Å². The minimum atomic E-state index is 0.723. The molecule has 0 aliphatic heterocycles. The molecule has 0 aromatic carbocycles. The van der Waals surface area contributed by atoms with E-state index in [2.05, 4.69) is 40.7 Å². The van der Waals surface area contributed by atoms with Gasteiger partial charge in [-0.2, -0.15) is 0 Å². The summed E-state index contributed by atoms with van der Waals surface area (Å²) in [6.07, 6.45) is 10.7. The number of allylic oxidation sites excluding steroid dienone is 2. The van der Waals surface area contributed by atoms with E-state index in [1.807, 2.05) is 0 Å². The van der Waals surface area contributed by atoms with E-state index in [9.17, 15) is 0 Å². The van der Waals surface area contributed by atoms with Crippen LogP contribution in [0.15, 0.2) is 11.6 Å². The Hall–Kier alpha value is -0.260. The molecule has 0 saturated heterocycles. The molecule has 0 aliphatic rings. The maximum Gasteiger partial charge on any atom is -0.0263 e. The van der Waals surface area contributed by atoms with Gasteiger partial charge in [-0.15, -0.1) is 0 Å². The van der Waals surface area contributed by atoms with Gasteiger partial charge >= 0.3 is 0 Å². The molecule has 0 heterocycles. The SMILES string of the molecule is CCCC(CCC)CC/C=C(\C)C(C)C. The van der Waals surface area contributed by atoms with Crippen molar-refractivity contribution in [3.8, 4) is 0 Å². The molecule has 0 aromatic heterocycles. The van der Waals surface area contributed by atoms with Crippen LogP contribution in [0.3, 0.4) is 0 Å². The van der Waals surface area contributed by atoms with Gasteiger partial charge in [-0.1, -0.05) is 65.0 Å². The lowest BCUT2D eigenvalue weighted by Crippen LogP contribution is -1.99. The second kappa shape index (κ2) is 9.00. The zero-order valence-electron chi connectivity index (χ0n) is 11.5. The Morgan fingerprint density at radius 2 is 1.53 bits per heavy atom. The van der Waals surface area contributed by atoms with Gasteiger partial charge in [0.2, 0.25) is 0 Å². The monoisotopic (exact) mass is 210 g/mol. The minimum absolute atomic E-state index is 0.723. The van der Waals surface area contributed by atoms with Crippen LogP contribution in [-0.2, 0) is 0 Å². The summed E-state index contributed by atoms with van der Waals surface area (Å²) in [5, 5.41) is 0. The molecule has 0 nitrogen and oxygen atoms in total. The van der Waals surface area contributed by atoms with E-state index in [4.69, 9.17) is 0 Å².